The second-order valence-corrected chi connectivity index (χ2v) is 4.77. The van der Waals surface area contributed by atoms with E-state index in [1.165, 1.54) is 0 Å². The number of rotatable bonds is 3. The summed E-state index contributed by atoms with van der Waals surface area (Å²) in [5, 5.41) is 7.40. The minimum Gasteiger partial charge on any atom is -0.382 e. The van der Waals surface area contributed by atoms with Crippen LogP contribution in [0, 0.1) is 5.41 Å². The molecule has 1 saturated heterocycles. The van der Waals surface area contributed by atoms with Crippen LogP contribution in [-0.4, -0.2) is 52.9 Å². The van der Waals surface area contributed by atoms with Gasteiger partial charge in [-0.2, -0.15) is 0 Å². The van der Waals surface area contributed by atoms with E-state index in [0.717, 1.165) is 26.2 Å². The standard InChI is InChI=1S/C12H20N6/c1-9(2)17-5-7-18(8-6-17)12-15-4-3-10(16-12)11(13)14/h3-4,9H,5-8H2,1-2H3,(H3,13,14). The first-order chi connectivity index (χ1) is 8.58. The SMILES string of the molecule is CC(C)N1CCN(c2nccc(C(=N)N)n2)CC1. The van der Waals surface area contributed by atoms with E-state index in [-0.39, 0.29) is 5.84 Å². The fourth-order valence-electron chi connectivity index (χ4n) is 2.09. The highest BCUT2D eigenvalue weighted by atomic mass is 15.3. The smallest absolute Gasteiger partial charge is 0.226 e. The monoisotopic (exact) mass is 248 g/mol. The molecule has 0 aliphatic carbocycles. The van der Waals surface area contributed by atoms with Crippen molar-refractivity contribution in [1.82, 2.24) is 14.9 Å². The van der Waals surface area contributed by atoms with Crippen LogP contribution in [0.5, 0.6) is 0 Å². The zero-order valence-electron chi connectivity index (χ0n) is 10.9. The molecule has 0 amide bonds. The van der Waals surface area contributed by atoms with Gasteiger partial charge in [0.25, 0.3) is 0 Å². The third kappa shape index (κ3) is 2.76. The van der Waals surface area contributed by atoms with Gasteiger partial charge in [-0.1, -0.05) is 0 Å². The van der Waals surface area contributed by atoms with Crippen molar-refractivity contribution in [3.05, 3.63) is 18.0 Å². The average molecular weight is 248 g/mol. The van der Waals surface area contributed by atoms with Crippen LogP contribution in [0.1, 0.15) is 19.5 Å². The molecule has 6 heteroatoms. The molecule has 0 saturated carbocycles. The summed E-state index contributed by atoms with van der Waals surface area (Å²) in [6, 6.07) is 2.24. The van der Waals surface area contributed by atoms with Crippen LogP contribution in [0.25, 0.3) is 0 Å². The lowest BCUT2D eigenvalue weighted by Gasteiger charge is -2.36. The largest absolute Gasteiger partial charge is 0.382 e. The Bertz CT molecular complexity index is 422. The number of nitrogen functional groups attached to an aromatic ring is 1. The molecular weight excluding hydrogens is 228 g/mol. The van der Waals surface area contributed by atoms with Gasteiger partial charge < -0.3 is 10.6 Å². The second-order valence-electron chi connectivity index (χ2n) is 4.77. The number of piperazine rings is 1. The van der Waals surface area contributed by atoms with Crippen molar-refractivity contribution >= 4 is 11.8 Å². The third-order valence-electron chi connectivity index (χ3n) is 3.25. The zero-order valence-corrected chi connectivity index (χ0v) is 10.9. The van der Waals surface area contributed by atoms with Gasteiger partial charge in [-0.25, -0.2) is 9.97 Å². The molecule has 98 valence electrons. The molecule has 3 N–H and O–H groups in total. The van der Waals surface area contributed by atoms with E-state index in [1.807, 2.05) is 0 Å². The molecule has 1 aromatic heterocycles. The minimum absolute atomic E-state index is 0.0144. The van der Waals surface area contributed by atoms with Crippen molar-refractivity contribution in [2.24, 2.45) is 5.73 Å². The molecule has 0 atom stereocenters. The Balaban J connectivity index is 2.05. The van der Waals surface area contributed by atoms with Gasteiger partial charge in [0.1, 0.15) is 11.5 Å². The summed E-state index contributed by atoms with van der Waals surface area (Å²) in [5.74, 6) is 0.658. The predicted octanol–water partition coefficient (Wildman–Crippen LogP) is 0.291. The molecule has 2 rings (SSSR count). The van der Waals surface area contributed by atoms with E-state index >= 15 is 0 Å². The molecule has 1 aliphatic rings. The number of aromatic nitrogens is 2. The van der Waals surface area contributed by atoms with Gasteiger partial charge in [0.2, 0.25) is 5.95 Å². The van der Waals surface area contributed by atoms with E-state index in [0.29, 0.717) is 17.7 Å². The maximum absolute atomic E-state index is 7.40. The predicted molar refractivity (Wildman–Crippen MR) is 72.0 cm³/mol. The van der Waals surface area contributed by atoms with Gasteiger partial charge in [0.05, 0.1) is 0 Å². The highest BCUT2D eigenvalue weighted by Crippen LogP contribution is 2.12. The molecule has 1 aromatic rings. The van der Waals surface area contributed by atoms with Crippen LogP contribution in [0.15, 0.2) is 12.3 Å². The van der Waals surface area contributed by atoms with E-state index in [1.54, 1.807) is 12.3 Å². The Morgan fingerprint density at radius 1 is 1.33 bits per heavy atom. The molecule has 2 heterocycles. The summed E-state index contributed by atoms with van der Waals surface area (Å²) in [5.41, 5.74) is 5.93. The Hall–Kier alpha value is -1.69. The van der Waals surface area contributed by atoms with Crippen LogP contribution < -0.4 is 10.6 Å². The number of anilines is 1. The number of nitrogens with two attached hydrogens (primary N) is 1. The fraction of sp³-hybridized carbons (Fsp3) is 0.583. The van der Waals surface area contributed by atoms with Crippen LogP contribution >= 0.6 is 0 Å². The van der Waals surface area contributed by atoms with Gasteiger partial charge in [-0.15, -0.1) is 0 Å². The third-order valence-corrected chi connectivity index (χ3v) is 3.25. The van der Waals surface area contributed by atoms with Gasteiger partial charge in [-0.05, 0) is 19.9 Å². The van der Waals surface area contributed by atoms with Crippen molar-refractivity contribution in [2.45, 2.75) is 19.9 Å². The van der Waals surface area contributed by atoms with E-state index in [2.05, 4.69) is 33.6 Å². The first-order valence-corrected chi connectivity index (χ1v) is 6.24. The van der Waals surface area contributed by atoms with Crippen LogP contribution in [0.4, 0.5) is 5.95 Å². The lowest BCUT2D eigenvalue weighted by molar-refractivity contribution is 0.208. The van der Waals surface area contributed by atoms with E-state index in [4.69, 9.17) is 11.1 Å². The maximum atomic E-state index is 7.40. The van der Waals surface area contributed by atoms with Crippen LogP contribution in [0.3, 0.4) is 0 Å². The summed E-state index contributed by atoms with van der Waals surface area (Å²) in [7, 11) is 0. The first-order valence-electron chi connectivity index (χ1n) is 6.24. The summed E-state index contributed by atoms with van der Waals surface area (Å²) in [4.78, 5) is 13.2. The lowest BCUT2D eigenvalue weighted by atomic mass is 10.2. The first kappa shape index (κ1) is 12.8. The molecule has 0 bridgehead atoms. The normalized spacial score (nSPS) is 17.2. The van der Waals surface area contributed by atoms with Crippen LogP contribution in [-0.2, 0) is 0 Å². The fourth-order valence-corrected chi connectivity index (χ4v) is 2.09. The number of amidine groups is 1. The van der Waals surface area contributed by atoms with Gasteiger partial charge >= 0.3 is 0 Å². The zero-order chi connectivity index (χ0) is 13.1. The summed E-state index contributed by atoms with van der Waals surface area (Å²) < 4.78 is 0. The van der Waals surface area contributed by atoms with Crippen molar-refractivity contribution in [3.8, 4) is 0 Å². The number of nitrogens with zero attached hydrogens (tertiary/aromatic N) is 4. The lowest BCUT2D eigenvalue weighted by Crippen LogP contribution is -2.49. The van der Waals surface area contributed by atoms with Gasteiger partial charge in [0.15, 0.2) is 0 Å². The molecule has 0 unspecified atom stereocenters. The van der Waals surface area contributed by atoms with E-state index in [9.17, 15) is 0 Å². The highest BCUT2D eigenvalue weighted by molar-refractivity contribution is 5.93. The molecule has 1 aliphatic heterocycles. The Morgan fingerprint density at radius 3 is 2.56 bits per heavy atom. The summed E-state index contributed by atoms with van der Waals surface area (Å²) in [6.07, 6.45) is 1.66. The van der Waals surface area contributed by atoms with E-state index < -0.39 is 0 Å². The Kier molecular flexibility index (Phi) is 3.76. The molecule has 0 radical (unpaired) electrons. The topological polar surface area (TPSA) is 82.1 Å². The molecule has 18 heavy (non-hydrogen) atoms. The minimum atomic E-state index is -0.0144. The molecule has 0 spiro atoms. The number of hydrogen-bond donors (Lipinski definition) is 2. The van der Waals surface area contributed by atoms with Crippen LogP contribution in [0.2, 0.25) is 0 Å². The Labute approximate surface area is 107 Å². The number of hydrogen-bond acceptors (Lipinski definition) is 5. The molecule has 0 aromatic carbocycles. The average Bonchev–Trinajstić information content (AvgIpc) is 2.39. The van der Waals surface area contributed by atoms with Gasteiger partial charge in [-0.3, -0.25) is 10.3 Å². The molecule has 1 fully saturated rings. The van der Waals surface area contributed by atoms with Crippen molar-refractivity contribution in [1.29, 1.82) is 5.41 Å². The quantitative estimate of drug-likeness (QED) is 0.593. The van der Waals surface area contributed by atoms with Crippen molar-refractivity contribution < 1.29 is 0 Å². The van der Waals surface area contributed by atoms with Crippen molar-refractivity contribution in [3.63, 3.8) is 0 Å². The highest BCUT2D eigenvalue weighted by Gasteiger charge is 2.20. The maximum Gasteiger partial charge on any atom is 0.226 e. The molecule has 6 nitrogen and oxygen atoms in total. The Morgan fingerprint density at radius 2 is 2.00 bits per heavy atom. The van der Waals surface area contributed by atoms with Crippen molar-refractivity contribution in [2.75, 3.05) is 31.1 Å². The number of nitrogens with one attached hydrogen (secondary N) is 1. The van der Waals surface area contributed by atoms with Gasteiger partial charge in [0, 0.05) is 38.4 Å². The summed E-state index contributed by atoms with van der Waals surface area (Å²) >= 11 is 0. The summed E-state index contributed by atoms with van der Waals surface area (Å²) in [6.45, 7) is 8.29. The second kappa shape index (κ2) is 5.30. The molecular formula is C12H20N6.